The fourth-order valence-electron chi connectivity index (χ4n) is 1.55. The Morgan fingerprint density at radius 3 is 2.50 bits per heavy atom. The highest BCUT2D eigenvalue weighted by Gasteiger charge is 2.00. The normalized spacial score (nSPS) is 10.8. The molecule has 0 saturated carbocycles. The van der Waals surface area contributed by atoms with Crippen LogP contribution in [0.2, 0.25) is 0 Å². The predicted molar refractivity (Wildman–Crippen MR) is 59.2 cm³/mol. The lowest BCUT2D eigenvalue weighted by molar-refractivity contribution is 0.567. The van der Waals surface area contributed by atoms with Crippen LogP contribution in [0.3, 0.4) is 0 Å². The summed E-state index contributed by atoms with van der Waals surface area (Å²) in [7, 11) is 0. The first-order chi connectivity index (χ1) is 6.75. The minimum Gasteiger partial charge on any atom is -0.335 e. The van der Waals surface area contributed by atoms with Crippen molar-refractivity contribution >= 4 is 0 Å². The third kappa shape index (κ3) is 3.14. The van der Waals surface area contributed by atoms with Gasteiger partial charge in [-0.05, 0) is 33.2 Å². The number of nitrogens with zero attached hydrogens (tertiary/aromatic N) is 2. The predicted octanol–water partition coefficient (Wildman–Crippen LogP) is 2.02. The van der Waals surface area contributed by atoms with Crippen molar-refractivity contribution in [2.24, 2.45) is 5.73 Å². The molecule has 0 aliphatic rings. The van der Waals surface area contributed by atoms with E-state index in [-0.39, 0.29) is 0 Å². The van der Waals surface area contributed by atoms with Gasteiger partial charge in [0, 0.05) is 12.2 Å². The van der Waals surface area contributed by atoms with Gasteiger partial charge in [0.15, 0.2) is 0 Å². The van der Waals surface area contributed by atoms with Crippen LogP contribution in [0.4, 0.5) is 0 Å². The molecule has 3 nitrogen and oxygen atoms in total. The minimum atomic E-state index is 0.823. The maximum atomic E-state index is 5.43. The van der Waals surface area contributed by atoms with Gasteiger partial charge >= 0.3 is 0 Å². The molecule has 2 N–H and O–H groups in total. The van der Waals surface area contributed by atoms with E-state index in [4.69, 9.17) is 5.73 Å². The Hall–Kier alpha value is -0.830. The summed E-state index contributed by atoms with van der Waals surface area (Å²) >= 11 is 0. The van der Waals surface area contributed by atoms with E-state index in [0.717, 1.165) is 25.2 Å². The summed E-state index contributed by atoms with van der Waals surface area (Å²) in [6.45, 7) is 6.10. The van der Waals surface area contributed by atoms with Crippen molar-refractivity contribution in [3.8, 4) is 0 Å². The van der Waals surface area contributed by atoms with Crippen molar-refractivity contribution in [3.63, 3.8) is 0 Å². The quantitative estimate of drug-likeness (QED) is 0.706. The maximum absolute atomic E-state index is 5.43. The SMILES string of the molecule is Cc1ncn(CCCCCCN)c1C. The number of imidazole rings is 1. The van der Waals surface area contributed by atoms with Crippen LogP contribution in [0.5, 0.6) is 0 Å². The van der Waals surface area contributed by atoms with E-state index < -0.39 is 0 Å². The van der Waals surface area contributed by atoms with E-state index in [1.807, 2.05) is 6.33 Å². The highest BCUT2D eigenvalue weighted by molar-refractivity contribution is 5.08. The molecule has 3 heteroatoms. The third-order valence-electron chi connectivity index (χ3n) is 2.70. The molecule has 0 fully saturated rings. The Morgan fingerprint density at radius 1 is 1.21 bits per heavy atom. The average molecular weight is 195 g/mol. The van der Waals surface area contributed by atoms with Crippen molar-refractivity contribution < 1.29 is 0 Å². The summed E-state index contributed by atoms with van der Waals surface area (Å²) in [4.78, 5) is 4.27. The van der Waals surface area contributed by atoms with Gasteiger partial charge in [-0.1, -0.05) is 12.8 Å². The van der Waals surface area contributed by atoms with Gasteiger partial charge in [-0.2, -0.15) is 0 Å². The van der Waals surface area contributed by atoms with Crippen LogP contribution in [-0.2, 0) is 6.54 Å². The monoisotopic (exact) mass is 195 g/mol. The number of aryl methyl sites for hydroxylation is 2. The average Bonchev–Trinajstić information content (AvgIpc) is 2.49. The van der Waals surface area contributed by atoms with Gasteiger partial charge in [-0.25, -0.2) is 4.98 Å². The highest BCUT2D eigenvalue weighted by atomic mass is 15.0. The molecule has 0 saturated heterocycles. The van der Waals surface area contributed by atoms with E-state index in [1.165, 1.54) is 25.0 Å². The Labute approximate surface area is 86.3 Å². The van der Waals surface area contributed by atoms with Crippen LogP contribution >= 0.6 is 0 Å². The van der Waals surface area contributed by atoms with E-state index in [0.29, 0.717) is 0 Å². The lowest BCUT2D eigenvalue weighted by Gasteiger charge is -2.04. The summed E-state index contributed by atoms with van der Waals surface area (Å²) in [5, 5.41) is 0. The molecule has 1 heterocycles. The fraction of sp³-hybridized carbons (Fsp3) is 0.727. The minimum absolute atomic E-state index is 0.823. The second-order valence-electron chi connectivity index (χ2n) is 3.81. The largest absolute Gasteiger partial charge is 0.335 e. The molecule has 0 aromatic carbocycles. The zero-order valence-corrected chi connectivity index (χ0v) is 9.29. The zero-order valence-electron chi connectivity index (χ0n) is 9.29. The number of hydrogen-bond donors (Lipinski definition) is 1. The van der Waals surface area contributed by atoms with Gasteiger partial charge in [0.2, 0.25) is 0 Å². The van der Waals surface area contributed by atoms with Crippen molar-refractivity contribution in [2.75, 3.05) is 6.54 Å². The molecular weight excluding hydrogens is 174 g/mol. The zero-order chi connectivity index (χ0) is 10.4. The molecule has 0 aliphatic carbocycles. The van der Waals surface area contributed by atoms with Gasteiger partial charge in [0.1, 0.15) is 0 Å². The van der Waals surface area contributed by atoms with Crippen LogP contribution in [0.1, 0.15) is 37.1 Å². The molecular formula is C11H21N3. The standard InChI is InChI=1S/C11H21N3/c1-10-11(2)14(9-13-10)8-6-4-3-5-7-12/h9H,3-8,12H2,1-2H3. The van der Waals surface area contributed by atoms with Gasteiger partial charge in [0.05, 0.1) is 12.0 Å². The second kappa shape index (κ2) is 5.81. The molecule has 0 radical (unpaired) electrons. The summed E-state index contributed by atoms with van der Waals surface area (Å²) in [5.74, 6) is 0. The molecule has 80 valence electrons. The molecule has 14 heavy (non-hydrogen) atoms. The molecule has 0 spiro atoms. The van der Waals surface area contributed by atoms with Crippen LogP contribution in [0.15, 0.2) is 6.33 Å². The maximum Gasteiger partial charge on any atom is 0.0951 e. The van der Waals surface area contributed by atoms with Crippen LogP contribution < -0.4 is 5.73 Å². The van der Waals surface area contributed by atoms with Gasteiger partial charge in [-0.3, -0.25) is 0 Å². The van der Waals surface area contributed by atoms with Crippen molar-refractivity contribution in [1.29, 1.82) is 0 Å². The molecule has 0 amide bonds. The van der Waals surface area contributed by atoms with Crippen LogP contribution in [0.25, 0.3) is 0 Å². The number of unbranched alkanes of at least 4 members (excludes halogenated alkanes) is 3. The number of rotatable bonds is 6. The van der Waals surface area contributed by atoms with Crippen LogP contribution in [-0.4, -0.2) is 16.1 Å². The van der Waals surface area contributed by atoms with E-state index >= 15 is 0 Å². The molecule has 0 bridgehead atoms. The molecule has 0 aliphatic heterocycles. The topological polar surface area (TPSA) is 43.8 Å². The van der Waals surface area contributed by atoms with Gasteiger partial charge < -0.3 is 10.3 Å². The van der Waals surface area contributed by atoms with Crippen LogP contribution in [0, 0.1) is 13.8 Å². The van der Waals surface area contributed by atoms with Gasteiger partial charge in [-0.15, -0.1) is 0 Å². The van der Waals surface area contributed by atoms with E-state index in [9.17, 15) is 0 Å². The summed E-state index contributed by atoms with van der Waals surface area (Å²) in [6.07, 6.45) is 6.85. The Balaban J connectivity index is 2.21. The summed E-state index contributed by atoms with van der Waals surface area (Å²) in [6, 6.07) is 0. The number of aromatic nitrogens is 2. The molecule has 1 aromatic heterocycles. The highest BCUT2D eigenvalue weighted by Crippen LogP contribution is 2.07. The van der Waals surface area contributed by atoms with Crippen molar-refractivity contribution in [3.05, 3.63) is 17.7 Å². The smallest absolute Gasteiger partial charge is 0.0951 e. The molecule has 0 atom stereocenters. The Bertz CT molecular complexity index is 265. The lowest BCUT2D eigenvalue weighted by Crippen LogP contribution is -2.01. The van der Waals surface area contributed by atoms with Crippen molar-refractivity contribution in [1.82, 2.24) is 9.55 Å². The van der Waals surface area contributed by atoms with E-state index in [2.05, 4.69) is 23.4 Å². The Kier molecular flexibility index (Phi) is 4.66. The fourth-order valence-corrected chi connectivity index (χ4v) is 1.55. The summed E-state index contributed by atoms with van der Waals surface area (Å²) in [5.41, 5.74) is 7.87. The van der Waals surface area contributed by atoms with Crippen molar-refractivity contribution in [2.45, 2.75) is 46.1 Å². The third-order valence-corrected chi connectivity index (χ3v) is 2.70. The first-order valence-corrected chi connectivity index (χ1v) is 5.44. The first-order valence-electron chi connectivity index (χ1n) is 5.44. The van der Waals surface area contributed by atoms with E-state index in [1.54, 1.807) is 0 Å². The van der Waals surface area contributed by atoms with Gasteiger partial charge in [0.25, 0.3) is 0 Å². The molecule has 1 aromatic rings. The molecule has 0 unspecified atom stereocenters. The second-order valence-corrected chi connectivity index (χ2v) is 3.81. The lowest BCUT2D eigenvalue weighted by atomic mass is 10.2. The number of hydrogen-bond acceptors (Lipinski definition) is 2. The molecule has 1 rings (SSSR count). The number of nitrogens with two attached hydrogens (primary N) is 1. The Morgan fingerprint density at radius 2 is 1.93 bits per heavy atom. The first kappa shape index (κ1) is 11.2. The summed E-state index contributed by atoms with van der Waals surface area (Å²) < 4.78 is 2.23.